The van der Waals surface area contributed by atoms with Gasteiger partial charge in [-0.2, -0.15) is 0 Å². The van der Waals surface area contributed by atoms with Crippen LogP contribution in [0, 0.1) is 0 Å². The predicted octanol–water partition coefficient (Wildman–Crippen LogP) is 4.32. The molecule has 0 bridgehead atoms. The number of rotatable bonds is 9. The van der Waals surface area contributed by atoms with Crippen molar-refractivity contribution in [3.05, 3.63) is 83.4 Å². The lowest BCUT2D eigenvalue weighted by molar-refractivity contribution is 0.331. The zero-order valence-corrected chi connectivity index (χ0v) is 19.4. The van der Waals surface area contributed by atoms with Crippen LogP contribution in [0.15, 0.2) is 66.7 Å². The van der Waals surface area contributed by atoms with Crippen molar-refractivity contribution in [1.29, 1.82) is 0 Å². The first-order valence-electron chi connectivity index (χ1n) is 10.5. The van der Waals surface area contributed by atoms with Gasteiger partial charge in [0.2, 0.25) is 0 Å². The molecular weight excluding hydrogens is 448 g/mol. The number of allylic oxidation sites excluding steroid dienone is 1. The van der Waals surface area contributed by atoms with E-state index in [0.717, 1.165) is 29.5 Å². The fraction of sp³-hybridized carbons (Fsp3) is 0.304. The third-order valence-electron chi connectivity index (χ3n) is 5.65. The highest BCUT2D eigenvalue weighted by atomic mass is 31.2. The molecule has 2 atom stereocenters. The molecule has 2 aromatic rings. The second kappa shape index (κ2) is 10.9. The summed E-state index contributed by atoms with van der Waals surface area (Å²) in [6.45, 7) is 0.105. The first kappa shape index (κ1) is 24.8. The maximum atomic E-state index is 11.5. The smallest absolute Gasteiger partial charge is 0.324 e. The molecule has 0 saturated heterocycles. The van der Waals surface area contributed by atoms with E-state index in [2.05, 4.69) is 53.9 Å². The Morgan fingerprint density at radius 3 is 2.00 bits per heavy atom. The Morgan fingerprint density at radius 1 is 0.844 bits per heavy atom. The fourth-order valence-corrected chi connectivity index (χ4v) is 6.45. The molecule has 7 nitrogen and oxygen atoms in total. The minimum Gasteiger partial charge on any atom is -0.324 e. The Kier molecular flexibility index (Phi) is 8.43. The molecule has 0 heterocycles. The Balaban J connectivity index is 1.64. The zero-order chi connectivity index (χ0) is 23.2. The van der Waals surface area contributed by atoms with Crippen molar-refractivity contribution in [3.8, 4) is 0 Å². The molecular formula is C23H29NO6P2. The summed E-state index contributed by atoms with van der Waals surface area (Å²) in [6.07, 6.45) is 9.52. The fourth-order valence-electron chi connectivity index (χ4n) is 3.95. The molecule has 172 valence electrons. The van der Waals surface area contributed by atoms with Crippen LogP contribution in [0.1, 0.15) is 41.9 Å². The quantitative estimate of drug-likeness (QED) is 0.207. The predicted molar refractivity (Wildman–Crippen MR) is 127 cm³/mol. The highest BCUT2D eigenvalue weighted by molar-refractivity contribution is 7.70. The maximum Gasteiger partial charge on any atom is 0.340 e. The first-order valence-corrected chi connectivity index (χ1v) is 13.8. The molecule has 5 N–H and O–H groups in total. The maximum absolute atomic E-state index is 11.5. The lowest BCUT2D eigenvalue weighted by atomic mass is 9.83. The topological polar surface area (TPSA) is 127 Å². The van der Waals surface area contributed by atoms with Crippen LogP contribution < -0.4 is 5.32 Å². The van der Waals surface area contributed by atoms with Crippen LogP contribution in [-0.4, -0.2) is 37.6 Å². The average molecular weight is 477 g/mol. The van der Waals surface area contributed by atoms with E-state index in [4.69, 9.17) is 0 Å². The monoisotopic (exact) mass is 477 g/mol. The molecule has 1 aliphatic rings. The normalized spacial score (nSPS) is 19.7. The molecule has 32 heavy (non-hydrogen) atoms. The van der Waals surface area contributed by atoms with E-state index in [1.54, 1.807) is 0 Å². The summed E-state index contributed by atoms with van der Waals surface area (Å²) in [4.78, 5) is 37.2. The molecule has 1 unspecified atom stereocenters. The standard InChI is InChI=1S/C23H29NO6P2/c25-31(26,27)23(32(28,29)30)16-17-24-22-9-5-4-8-21(22)20-14-12-19(13-15-20)11-10-18-6-2-1-3-7-18/h1-7,10-15,21-24H,8-9,16-17H2,(H2,25,26,27)(H2,28,29,30)/t21?,22-/m0/s1. The van der Waals surface area contributed by atoms with Gasteiger partial charge in [0.1, 0.15) is 0 Å². The SMILES string of the molecule is O=P(O)(O)C(CCN[C@H]1CC=CCC1c1ccc(C=Cc2ccccc2)cc1)P(=O)(O)O. The van der Waals surface area contributed by atoms with Gasteiger partial charge in [-0.1, -0.05) is 78.9 Å². The van der Waals surface area contributed by atoms with E-state index in [-0.39, 0.29) is 24.9 Å². The summed E-state index contributed by atoms with van der Waals surface area (Å²) < 4.78 is 23.0. The molecule has 0 aliphatic heterocycles. The van der Waals surface area contributed by atoms with Crippen molar-refractivity contribution < 1.29 is 28.7 Å². The van der Waals surface area contributed by atoms with Gasteiger partial charge in [-0.25, -0.2) is 0 Å². The summed E-state index contributed by atoms with van der Waals surface area (Å²) in [5.74, 6) is 0.163. The van der Waals surface area contributed by atoms with E-state index in [9.17, 15) is 28.7 Å². The van der Waals surface area contributed by atoms with Crippen molar-refractivity contribution >= 4 is 27.3 Å². The highest BCUT2D eigenvalue weighted by Crippen LogP contribution is 2.61. The summed E-state index contributed by atoms with van der Waals surface area (Å²) in [5.41, 5.74) is 3.35. The van der Waals surface area contributed by atoms with Gasteiger partial charge in [-0.15, -0.1) is 0 Å². The number of hydrogen-bond acceptors (Lipinski definition) is 3. The molecule has 3 rings (SSSR count). The van der Waals surface area contributed by atoms with Crippen LogP contribution in [0.5, 0.6) is 0 Å². The molecule has 0 radical (unpaired) electrons. The van der Waals surface area contributed by atoms with Gasteiger partial charge in [0.05, 0.1) is 0 Å². The van der Waals surface area contributed by atoms with Crippen molar-refractivity contribution in [2.45, 2.75) is 36.6 Å². The minimum absolute atomic E-state index is 0.0138. The van der Waals surface area contributed by atoms with E-state index in [1.165, 1.54) is 0 Å². The van der Waals surface area contributed by atoms with Gasteiger partial charge in [0.15, 0.2) is 5.40 Å². The van der Waals surface area contributed by atoms with E-state index < -0.39 is 20.6 Å². The summed E-state index contributed by atoms with van der Waals surface area (Å²) in [7, 11) is -9.80. The second-order valence-electron chi connectivity index (χ2n) is 7.97. The number of benzene rings is 2. The van der Waals surface area contributed by atoms with Crippen LogP contribution in [-0.2, 0) is 9.13 Å². The van der Waals surface area contributed by atoms with Crippen molar-refractivity contribution in [3.63, 3.8) is 0 Å². The third-order valence-corrected chi connectivity index (χ3v) is 9.52. The van der Waals surface area contributed by atoms with Crippen molar-refractivity contribution in [2.24, 2.45) is 0 Å². The molecule has 0 spiro atoms. The van der Waals surface area contributed by atoms with E-state index >= 15 is 0 Å². The van der Waals surface area contributed by atoms with Gasteiger partial charge >= 0.3 is 15.2 Å². The molecule has 1 aliphatic carbocycles. The zero-order valence-electron chi connectivity index (χ0n) is 17.6. The van der Waals surface area contributed by atoms with Crippen LogP contribution >= 0.6 is 15.2 Å². The molecule has 0 amide bonds. The Labute approximate surface area is 188 Å². The molecule has 9 heteroatoms. The minimum atomic E-state index is -4.90. The second-order valence-corrected chi connectivity index (χ2v) is 12.0. The van der Waals surface area contributed by atoms with Gasteiger partial charge in [0, 0.05) is 12.0 Å². The Morgan fingerprint density at radius 2 is 1.41 bits per heavy atom. The van der Waals surface area contributed by atoms with Crippen LogP contribution in [0.3, 0.4) is 0 Å². The lowest BCUT2D eigenvalue weighted by Gasteiger charge is -2.30. The van der Waals surface area contributed by atoms with Crippen molar-refractivity contribution in [1.82, 2.24) is 5.32 Å². The first-order chi connectivity index (χ1) is 15.1. The Bertz CT molecular complexity index is 1000. The summed E-state index contributed by atoms with van der Waals surface area (Å²) >= 11 is 0. The molecule has 0 fully saturated rings. The van der Waals surface area contributed by atoms with Crippen LogP contribution in [0.4, 0.5) is 0 Å². The van der Waals surface area contributed by atoms with Gasteiger partial charge in [-0.3, -0.25) is 9.13 Å². The number of nitrogens with one attached hydrogen (secondary N) is 1. The molecule has 0 saturated carbocycles. The van der Waals surface area contributed by atoms with E-state index in [0.29, 0.717) is 0 Å². The van der Waals surface area contributed by atoms with E-state index in [1.807, 2.05) is 30.3 Å². The molecule has 0 aromatic heterocycles. The highest BCUT2D eigenvalue weighted by Gasteiger charge is 2.42. The largest absolute Gasteiger partial charge is 0.340 e. The third kappa shape index (κ3) is 7.09. The van der Waals surface area contributed by atoms with Crippen LogP contribution in [0.2, 0.25) is 0 Å². The Hall–Kier alpha value is -1.82. The summed E-state index contributed by atoms with van der Waals surface area (Å²) in [6, 6.07) is 18.3. The molecule has 2 aromatic carbocycles. The average Bonchev–Trinajstić information content (AvgIpc) is 2.75. The van der Waals surface area contributed by atoms with Gasteiger partial charge < -0.3 is 24.9 Å². The summed E-state index contributed by atoms with van der Waals surface area (Å²) in [5, 5.41) is 1.28. The lowest BCUT2D eigenvalue weighted by Crippen LogP contribution is -2.37. The van der Waals surface area contributed by atoms with Crippen molar-refractivity contribution in [2.75, 3.05) is 6.54 Å². The van der Waals surface area contributed by atoms with Gasteiger partial charge in [-0.05, 0) is 42.5 Å². The van der Waals surface area contributed by atoms with Crippen LogP contribution in [0.25, 0.3) is 12.2 Å². The van der Waals surface area contributed by atoms with Gasteiger partial charge in [0.25, 0.3) is 0 Å². The number of hydrogen-bond donors (Lipinski definition) is 5.